The average Bonchev–Trinajstić information content (AvgIpc) is 3.06. The summed E-state index contributed by atoms with van der Waals surface area (Å²) in [6.45, 7) is 1.35. The third kappa shape index (κ3) is 13.1. The van der Waals surface area contributed by atoms with Gasteiger partial charge in [0.2, 0.25) is 5.95 Å². The van der Waals surface area contributed by atoms with Crippen LogP contribution < -0.4 is 21.9 Å². The Morgan fingerprint density at radius 3 is 1.86 bits per heavy atom. The minimum absolute atomic E-state index is 0.0524. The van der Waals surface area contributed by atoms with Gasteiger partial charge in [-0.05, 0) is 30.7 Å². The number of benzene rings is 1. The Balaban J connectivity index is 0.000000387. The van der Waals surface area contributed by atoms with Gasteiger partial charge in [-0.25, -0.2) is 14.8 Å². The van der Waals surface area contributed by atoms with Crippen LogP contribution in [0, 0.1) is 0 Å². The molecule has 21 heteroatoms. The van der Waals surface area contributed by atoms with E-state index in [-0.39, 0.29) is 48.7 Å². The summed E-state index contributed by atoms with van der Waals surface area (Å²) in [5.41, 5.74) is 6.47. The number of nitrogens with one attached hydrogen (secondary N) is 3. The standard InChI is InChI=1S/C19H19N7O6.C6H12O6.C5H14NO/c20-19-25-15-14(17(30)26-19)23-11(8-22-15)7-21-10-3-1-9(2-4-10)16(29)24-12(18(31)32)5-6-13(27)28;7-1-2(8)4(10)6(12)5(11)3(1)9;1-6(2,3)4-5-7/h1-4,8,12,21H,5-7H2,(H,24,29)(H,27,28)(H,31,32)(H3,20,22,25,26,30);1-12H;7H,4-5H2,1-3H3/q;;+1/t12-;;/m0../s1. The Labute approximate surface area is 290 Å². The summed E-state index contributed by atoms with van der Waals surface area (Å²) >= 11 is 0. The van der Waals surface area contributed by atoms with E-state index in [9.17, 15) is 19.2 Å². The van der Waals surface area contributed by atoms with E-state index in [1.165, 1.54) is 18.3 Å². The number of carboxylic acids is 2. The van der Waals surface area contributed by atoms with Crippen LogP contribution in [0.3, 0.4) is 0 Å². The molecule has 0 unspecified atom stereocenters. The number of nitrogens with two attached hydrogens (primary N) is 1. The van der Waals surface area contributed by atoms with Crippen molar-refractivity contribution in [1.82, 2.24) is 25.3 Å². The number of aliphatic carboxylic acids is 2. The average molecular weight is 726 g/mol. The number of amides is 1. The summed E-state index contributed by atoms with van der Waals surface area (Å²) in [5, 5.41) is 85.4. The number of likely N-dealkylation sites (N-methyl/N-ethyl adjacent to an activating group) is 1. The van der Waals surface area contributed by atoms with Gasteiger partial charge in [-0.1, -0.05) is 0 Å². The number of carboxylic acid groups (broad SMARTS) is 2. The molecule has 0 saturated heterocycles. The maximum absolute atomic E-state index is 12.3. The molecule has 2 aromatic heterocycles. The van der Waals surface area contributed by atoms with Crippen molar-refractivity contribution >= 4 is 40.6 Å². The molecule has 1 atom stereocenters. The van der Waals surface area contributed by atoms with Gasteiger partial charge in [0.05, 0.1) is 46.2 Å². The van der Waals surface area contributed by atoms with Crippen LogP contribution in [0.25, 0.3) is 11.2 Å². The maximum Gasteiger partial charge on any atom is 0.326 e. The second-order valence-electron chi connectivity index (χ2n) is 12.4. The van der Waals surface area contributed by atoms with E-state index < -0.39 is 66.1 Å². The second-order valence-corrected chi connectivity index (χ2v) is 12.4. The molecular weight excluding hydrogens is 680 g/mol. The van der Waals surface area contributed by atoms with Crippen molar-refractivity contribution in [3.05, 3.63) is 52.1 Å². The monoisotopic (exact) mass is 725 g/mol. The fraction of sp³-hybridized carbons (Fsp3) is 0.500. The van der Waals surface area contributed by atoms with Crippen LogP contribution in [0.15, 0.2) is 35.3 Å². The lowest BCUT2D eigenvalue weighted by Crippen LogP contribution is -2.63. The number of hydrogen-bond acceptors (Lipinski definition) is 16. The number of carbonyl (C=O) groups is 3. The van der Waals surface area contributed by atoms with Gasteiger partial charge < -0.3 is 66.8 Å². The third-order valence-electron chi connectivity index (χ3n) is 7.23. The number of carbonyl (C=O) groups excluding carboxylic acids is 1. The topological polar surface area (TPSA) is 355 Å². The summed E-state index contributed by atoms with van der Waals surface area (Å²) in [6.07, 6.45) is -9.00. The highest BCUT2D eigenvalue weighted by atomic mass is 16.4. The number of aliphatic hydroxyl groups excluding tert-OH is 7. The Morgan fingerprint density at radius 2 is 1.43 bits per heavy atom. The van der Waals surface area contributed by atoms with E-state index in [0.29, 0.717) is 11.4 Å². The molecule has 1 aliphatic carbocycles. The predicted molar refractivity (Wildman–Crippen MR) is 178 cm³/mol. The van der Waals surface area contributed by atoms with Crippen LogP contribution >= 0.6 is 0 Å². The molecule has 0 radical (unpaired) electrons. The second kappa shape index (κ2) is 18.9. The molecule has 1 aromatic carbocycles. The third-order valence-corrected chi connectivity index (χ3v) is 7.23. The number of aliphatic hydroxyl groups is 7. The fourth-order valence-corrected chi connectivity index (χ4v) is 4.27. The zero-order valence-corrected chi connectivity index (χ0v) is 28.0. The van der Waals surface area contributed by atoms with Crippen LogP contribution in [0.1, 0.15) is 28.9 Å². The molecule has 51 heavy (non-hydrogen) atoms. The smallest absolute Gasteiger partial charge is 0.326 e. The summed E-state index contributed by atoms with van der Waals surface area (Å²) in [4.78, 5) is 60.6. The molecule has 4 rings (SSSR count). The van der Waals surface area contributed by atoms with E-state index in [4.69, 9.17) is 51.7 Å². The number of rotatable bonds is 11. The van der Waals surface area contributed by atoms with E-state index >= 15 is 0 Å². The molecule has 1 fully saturated rings. The van der Waals surface area contributed by atoms with Gasteiger partial charge >= 0.3 is 11.9 Å². The lowest BCUT2D eigenvalue weighted by Gasteiger charge is -2.39. The minimum atomic E-state index is -1.64. The molecule has 282 valence electrons. The first-order valence-electron chi connectivity index (χ1n) is 15.4. The lowest BCUT2D eigenvalue weighted by atomic mass is 9.85. The van der Waals surface area contributed by atoms with Gasteiger partial charge in [-0.15, -0.1) is 0 Å². The molecular formula is C30H45N8O13+. The zero-order chi connectivity index (χ0) is 38.6. The number of aromatic nitrogens is 4. The first-order chi connectivity index (χ1) is 23.7. The van der Waals surface area contributed by atoms with Crippen LogP contribution in [-0.4, -0.2) is 165 Å². The van der Waals surface area contributed by atoms with Gasteiger partial charge in [-0.3, -0.25) is 19.4 Å². The summed E-state index contributed by atoms with van der Waals surface area (Å²) in [5.74, 6) is -3.16. The number of fused-ring (bicyclic) bond motifs is 1. The molecule has 14 N–H and O–H groups in total. The number of quaternary nitrogens is 1. The van der Waals surface area contributed by atoms with Crippen molar-refractivity contribution in [1.29, 1.82) is 0 Å². The summed E-state index contributed by atoms with van der Waals surface area (Å²) in [7, 11) is 6.16. The van der Waals surface area contributed by atoms with Gasteiger partial charge in [0.25, 0.3) is 11.5 Å². The molecule has 0 aliphatic heterocycles. The molecule has 0 bridgehead atoms. The lowest BCUT2D eigenvalue weighted by molar-refractivity contribution is -0.870. The highest BCUT2D eigenvalue weighted by Gasteiger charge is 2.47. The highest BCUT2D eigenvalue weighted by Crippen LogP contribution is 2.21. The summed E-state index contributed by atoms with van der Waals surface area (Å²) in [6, 6.07) is 4.86. The molecule has 0 spiro atoms. The normalized spacial score (nSPS) is 22.0. The fourth-order valence-electron chi connectivity index (χ4n) is 4.27. The molecule has 1 aliphatic rings. The molecule has 3 aromatic rings. The van der Waals surface area contributed by atoms with E-state index in [1.54, 1.807) is 12.1 Å². The van der Waals surface area contributed by atoms with Crippen molar-refractivity contribution in [2.24, 2.45) is 0 Å². The largest absolute Gasteiger partial charge is 0.481 e. The Morgan fingerprint density at radius 1 is 0.902 bits per heavy atom. The van der Waals surface area contributed by atoms with Crippen molar-refractivity contribution in [2.45, 2.75) is 62.1 Å². The SMILES string of the molecule is C[N+](C)(C)CCO.Nc1nc2ncc(CNc3ccc(C(=O)N[C@@H](CCC(=O)O)C(=O)O)cc3)nc2c(=O)[nH]1.OC1C(O)C(O)C(O)C(O)C1O. The van der Waals surface area contributed by atoms with E-state index in [1.807, 2.05) is 0 Å². The van der Waals surface area contributed by atoms with Gasteiger partial charge in [0, 0.05) is 17.7 Å². The Hall–Kier alpha value is -4.87. The maximum atomic E-state index is 12.3. The number of nitrogen functional groups attached to an aromatic ring is 1. The van der Waals surface area contributed by atoms with Crippen LogP contribution in [0.5, 0.6) is 0 Å². The quantitative estimate of drug-likeness (QED) is 0.0833. The number of nitrogens with zero attached hydrogens (tertiary/aromatic N) is 4. The van der Waals surface area contributed by atoms with Gasteiger partial charge in [-0.2, -0.15) is 4.98 Å². The Bertz CT molecular complexity index is 1610. The van der Waals surface area contributed by atoms with Crippen molar-refractivity contribution in [3.63, 3.8) is 0 Å². The van der Waals surface area contributed by atoms with Crippen molar-refractivity contribution < 1.29 is 64.8 Å². The van der Waals surface area contributed by atoms with E-state index in [2.05, 4.69) is 51.7 Å². The Kier molecular flexibility index (Phi) is 15.7. The molecule has 1 saturated carbocycles. The number of aromatic amines is 1. The van der Waals surface area contributed by atoms with Crippen LogP contribution in [-0.2, 0) is 16.1 Å². The van der Waals surface area contributed by atoms with Crippen LogP contribution in [0.4, 0.5) is 11.6 Å². The van der Waals surface area contributed by atoms with Crippen molar-refractivity contribution in [2.75, 3.05) is 45.3 Å². The van der Waals surface area contributed by atoms with Gasteiger partial charge in [0.1, 0.15) is 49.2 Å². The number of hydrogen-bond donors (Lipinski definition) is 13. The molecule has 2 heterocycles. The number of H-pyrrole nitrogens is 1. The zero-order valence-electron chi connectivity index (χ0n) is 28.0. The van der Waals surface area contributed by atoms with Crippen molar-refractivity contribution in [3.8, 4) is 0 Å². The predicted octanol–water partition coefficient (Wildman–Crippen LogP) is -4.19. The minimum Gasteiger partial charge on any atom is -0.481 e. The molecule has 1 amide bonds. The van der Waals surface area contributed by atoms with Crippen LogP contribution in [0.2, 0.25) is 0 Å². The van der Waals surface area contributed by atoms with E-state index in [0.717, 1.165) is 11.0 Å². The first kappa shape index (κ1) is 42.3. The number of anilines is 2. The summed E-state index contributed by atoms with van der Waals surface area (Å²) < 4.78 is 0.844. The highest BCUT2D eigenvalue weighted by molar-refractivity contribution is 5.97. The van der Waals surface area contributed by atoms with Gasteiger partial charge in [0.15, 0.2) is 11.2 Å². The molecule has 21 nitrogen and oxygen atoms in total. The first-order valence-corrected chi connectivity index (χ1v) is 15.4.